The molecule has 2 saturated carbocycles. The maximum Gasteiger partial charge on any atom is 0.391 e. The Morgan fingerprint density at radius 1 is 0.975 bits per heavy atom. The highest BCUT2D eigenvalue weighted by atomic mass is 35.5. The summed E-state index contributed by atoms with van der Waals surface area (Å²) in [5, 5.41) is 9.63. The third kappa shape index (κ3) is 4.15. The van der Waals surface area contributed by atoms with Crippen LogP contribution in [0.15, 0.2) is 30.3 Å². The SMILES string of the molecule is COc1cc(N2CC3(CC(c4nnc5n4-c4ccc(Cl)cc4CN(C4CC(C(F)(F)F)C4)C5)C3)C2)c(F)cc1F. The third-order valence-electron chi connectivity index (χ3n) is 9.19. The number of alkyl halides is 3. The van der Waals surface area contributed by atoms with Crippen molar-refractivity contribution in [1.29, 1.82) is 0 Å². The molecule has 12 heteroatoms. The number of hydrogen-bond donors (Lipinski definition) is 0. The molecule has 7 rings (SSSR count). The number of nitrogens with zero attached hydrogens (tertiary/aromatic N) is 5. The molecule has 4 aliphatic rings. The van der Waals surface area contributed by atoms with Gasteiger partial charge in [-0.3, -0.25) is 9.47 Å². The number of fused-ring (bicyclic) bond motifs is 3. The highest BCUT2D eigenvalue weighted by molar-refractivity contribution is 6.30. The van der Waals surface area contributed by atoms with E-state index in [1.807, 2.05) is 23.1 Å². The summed E-state index contributed by atoms with van der Waals surface area (Å²) in [4.78, 5) is 3.96. The van der Waals surface area contributed by atoms with Crippen LogP contribution in [0.3, 0.4) is 0 Å². The summed E-state index contributed by atoms with van der Waals surface area (Å²) in [7, 11) is 1.35. The van der Waals surface area contributed by atoms with Crippen molar-refractivity contribution < 1.29 is 26.7 Å². The van der Waals surface area contributed by atoms with Crippen LogP contribution in [0.1, 0.15) is 48.8 Å². The summed E-state index contributed by atoms with van der Waals surface area (Å²) in [6.07, 6.45) is -2.29. The Morgan fingerprint density at radius 2 is 1.73 bits per heavy atom. The summed E-state index contributed by atoms with van der Waals surface area (Å²) in [5.41, 5.74) is 2.19. The molecule has 1 spiro atoms. The van der Waals surface area contributed by atoms with Crippen molar-refractivity contribution in [3.63, 3.8) is 0 Å². The molecule has 212 valence electrons. The van der Waals surface area contributed by atoms with E-state index < -0.39 is 23.7 Å². The highest BCUT2D eigenvalue weighted by Crippen LogP contribution is 2.57. The Hall–Kier alpha value is -2.92. The van der Waals surface area contributed by atoms with Crippen molar-refractivity contribution in [2.45, 2.75) is 56.9 Å². The van der Waals surface area contributed by atoms with Crippen LogP contribution in [0.4, 0.5) is 27.6 Å². The molecule has 2 aliphatic carbocycles. The molecule has 1 aromatic heterocycles. The minimum atomic E-state index is -4.16. The second-order valence-electron chi connectivity index (χ2n) is 11.8. The second kappa shape index (κ2) is 9.04. The average molecular weight is 580 g/mol. The van der Waals surface area contributed by atoms with Gasteiger partial charge in [0.1, 0.15) is 11.6 Å². The summed E-state index contributed by atoms with van der Waals surface area (Å²) in [6.45, 7) is 2.20. The molecule has 0 bridgehead atoms. The fraction of sp³-hybridized carbons (Fsp3) is 0.500. The number of halogens is 6. The number of rotatable bonds is 4. The number of anilines is 1. The van der Waals surface area contributed by atoms with Gasteiger partial charge in [0.15, 0.2) is 17.4 Å². The molecule has 1 saturated heterocycles. The van der Waals surface area contributed by atoms with Gasteiger partial charge in [-0.05, 0) is 49.4 Å². The molecule has 0 radical (unpaired) electrons. The van der Waals surface area contributed by atoms with Crippen LogP contribution in [0, 0.1) is 23.0 Å². The van der Waals surface area contributed by atoms with E-state index in [0.29, 0.717) is 42.7 Å². The van der Waals surface area contributed by atoms with E-state index in [2.05, 4.69) is 19.7 Å². The zero-order valence-electron chi connectivity index (χ0n) is 21.7. The van der Waals surface area contributed by atoms with Crippen LogP contribution < -0.4 is 9.64 Å². The summed E-state index contributed by atoms with van der Waals surface area (Å²) < 4.78 is 74.9. The van der Waals surface area contributed by atoms with Gasteiger partial charge >= 0.3 is 6.18 Å². The highest BCUT2D eigenvalue weighted by Gasteiger charge is 2.55. The van der Waals surface area contributed by atoms with Gasteiger partial charge in [0.05, 0.1) is 30.9 Å². The molecule has 0 unspecified atom stereocenters. The fourth-order valence-electron chi connectivity index (χ4n) is 7.00. The zero-order valence-corrected chi connectivity index (χ0v) is 22.4. The maximum atomic E-state index is 14.5. The van der Waals surface area contributed by atoms with Gasteiger partial charge < -0.3 is 9.64 Å². The number of methoxy groups -OCH3 is 1. The van der Waals surface area contributed by atoms with Crippen LogP contribution in [0.2, 0.25) is 5.02 Å². The molecule has 6 nitrogen and oxygen atoms in total. The minimum Gasteiger partial charge on any atom is -0.494 e. The van der Waals surface area contributed by atoms with E-state index in [-0.39, 0.29) is 36.0 Å². The lowest BCUT2D eigenvalue weighted by atomic mass is 9.57. The predicted molar refractivity (Wildman–Crippen MR) is 138 cm³/mol. The Balaban J connectivity index is 1.10. The van der Waals surface area contributed by atoms with E-state index in [9.17, 15) is 22.0 Å². The number of ether oxygens (including phenoxy) is 1. The maximum absolute atomic E-state index is 14.5. The van der Waals surface area contributed by atoms with Crippen molar-refractivity contribution in [3.8, 4) is 11.4 Å². The topological polar surface area (TPSA) is 46.4 Å². The van der Waals surface area contributed by atoms with Crippen molar-refractivity contribution >= 4 is 17.3 Å². The molecule has 3 aromatic rings. The quantitative estimate of drug-likeness (QED) is 0.342. The molecule has 0 amide bonds. The number of aromatic nitrogens is 3. The smallest absolute Gasteiger partial charge is 0.391 e. The molecule has 0 atom stereocenters. The molecular weight excluding hydrogens is 553 g/mol. The minimum absolute atomic E-state index is 0.0126. The summed E-state index contributed by atoms with van der Waals surface area (Å²) >= 11 is 6.33. The van der Waals surface area contributed by atoms with Crippen LogP contribution in [-0.4, -0.2) is 52.1 Å². The van der Waals surface area contributed by atoms with Gasteiger partial charge in [-0.15, -0.1) is 10.2 Å². The van der Waals surface area contributed by atoms with Crippen molar-refractivity contribution in [2.24, 2.45) is 11.3 Å². The molecule has 2 aliphatic heterocycles. The van der Waals surface area contributed by atoms with E-state index >= 15 is 0 Å². The molecule has 0 N–H and O–H groups in total. The first-order valence-electron chi connectivity index (χ1n) is 13.4. The van der Waals surface area contributed by atoms with E-state index in [4.69, 9.17) is 16.3 Å². The molecule has 2 aromatic carbocycles. The zero-order chi connectivity index (χ0) is 28.0. The lowest BCUT2D eigenvalue weighted by molar-refractivity contribution is -0.207. The lowest BCUT2D eigenvalue weighted by Gasteiger charge is -2.59. The second-order valence-corrected chi connectivity index (χ2v) is 12.2. The molecule has 40 heavy (non-hydrogen) atoms. The Morgan fingerprint density at radius 3 is 2.42 bits per heavy atom. The van der Waals surface area contributed by atoms with Gasteiger partial charge in [0.2, 0.25) is 0 Å². The first-order valence-corrected chi connectivity index (χ1v) is 13.7. The average Bonchev–Trinajstić information content (AvgIpc) is 3.12. The van der Waals surface area contributed by atoms with Gasteiger partial charge in [-0.1, -0.05) is 11.6 Å². The van der Waals surface area contributed by atoms with Crippen LogP contribution >= 0.6 is 11.6 Å². The van der Waals surface area contributed by atoms with Gasteiger partial charge in [0.25, 0.3) is 0 Å². The fourth-order valence-corrected chi connectivity index (χ4v) is 7.20. The Kier molecular flexibility index (Phi) is 5.88. The largest absolute Gasteiger partial charge is 0.494 e. The molecular formula is C28H27ClF5N5O. The van der Waals surface area contributed by atoms with Crippen molar-refractivity contribution in [2.75, 3.05) is 25.1 Å². The van der Waals surface area contributed by atoms with Crippen LogP contribution in [0.25, 0.3) is 5.69 Å². The van der Waals surface area contributed by atoms with E-state index in [1.54, 1.807) is 0 Å². The van der Waals surface area contributed by atoms with Crippen molar-refractivity contribution in [1.82, 2.24) is 19.7 Å². The van der Waals surface area contributed by atoms with E-state index in [0.717, 1.165) is 36.0 Å². The molecule has 3 heterocycles. The first-order chi connectivity index (χ1) is 19.0. The lowest BCUT2D eigenvalue weighted by Crippen LogP contribution is -2.62. The summed E-state index contributed by atoms with van der Waals surface area (Å²) in [5.74, 6) is -0.898. The first kappa shape index (κ1) is 26.0. The Labute approximate surface area is 232 Å². The van der Waals surface area contributed by atoms with Gasteiger partial charge in [-0.2, -0.15) is 13.2 Å². The van der Waals surface area contributed by atoms with Crippen LogP contribution in [-0.2, 0) is 13.1 Å². The van der Waals surface area contributed by atoms with Gasteiger partial charge in [-0.25, -0.2) is 8.78 Å². The predicted octanol–water partition coefficient (Wildman–Crippen LogP) is 6.25. The van der Waals surface area contributed by atoms with Gasteiger partial charge in [0, 0.05) is 54.2 Å². The summed E-state index contributed by atoms with van der Waals surface area (Å²) in [6, 6.07) is 7.70. The third-order valence-corrected chi connectivity index (χ3v) is 9.42. The number of hydrogen-bond acceptors (Lipinski definition) is 5. The standard InChI is InChI=1S/C28H27ClF5N5O/c1-40-24-8-23(20(30)7-21(24)31)38-13-27(14-38)9-16(10-27)26-36-35-25-12-37(19-5-17(6-19)28(32,33)34)11-15-4-18(29)2-3-22(15)39(25)26/h2-4,7-8,16-17,19H,5-6,9-14H2,1H3. The van der Waals surface area contributed by atoms with Crippen molar-refractivity contribution in [3.05, 3.63) is 64.2 Å². The van der Waals surface area contributed by atoms with Crippen LogP contribution in [0.5, 0.6) is 5.75 Å². The normalized spacial score (nSPS) is 24.0. The Bertz CT molecular complexity index is 1470. The van der Waals surface area contributed by atoms with E-state index in [1.165, 1.54) is 13.2 Å². The molecule has 3 fully saturated rings. The monoisotopic (exact) mass is 579 g/mol. The number of benzene rings is 2.